The van der Waals surface area contributed by atoms with E-state index in [1.165, 1.54) is 0 Å². The zero-order valence-electron chi connectivity index (χ0n) is 32.1. The summed E-state index contributed by atoms with van der Waals surface area (Å²) in [7, 11) is 1.05. The fraction of sp³-hybridized carbons (Fsp3) is 0.758. The molecule has 1 fully saturated rings. The number of carbonyl (C=O) groups excluding carboxylic acids is 8. The van der Waals surface area contributed by atoms with E-state index in [0.29, 0.717) is 11.8 Å². The largest absolute Gasteiger partial charge is 0.466 e. The van der Waals surface area contributed by atoms with Crippen molar-refractivity contribution in [1.82, 2.24) is 16.0 Å². The minimum absolute atomic E-state index is 0.0731. The Labute approximate surface area is 317 Å². The van der Waals surface area contributed by atoms with Gasteiger partial charge in [0.2, 0.25) is 16.7 Å². The molecule has 20 nitrogen and oxygen atoms in total. The molecule has 0 bridgehead atoms. The highest BCUT2D eigenvalue weighted by Gasteiger charge is 2.58. The lowest BCUT2D eigenvalue weighted by Gasteiger charge is -2.48. The zero-order chi connectivity index (χ0) is 41.1. The molecule has 0 aromatic rings. The fourth-order valence-corrected chi connectivity index (χ4v) is 6.03. The normalized spacial score (nSPS) is 20.6. The highest BCUT2D eigenvalue weighted by Crippen LogP contribution is 2.42. The van der Waals surface area contributed by atoms with Gasteiger partial charge in [0.15, 0.2) is 12.2 Å². The van der Waals surface area contributed by atoms with Crippen molar-refractivity contribution < 1.29 is 81.0 Å². The lowest BCUT2D eigenvalue weighted by atomic mass is 9.89. The third-order valence-corrected chi connectivity index (χ3v) is 8.09. The quantitative estimate of drug-likeness (QED) is 0.0780. The highest BCUT2D eigenvalue weighted by molar-refractivity contribution is 8.01. The predicted molar refractivity (Wildman–Crippen MR) is 186 cm³/mol. The number of carbonyl (C=O) groups is 8. The third-order valence-electron chi connectivity index (χ3n) is 6.79. The van der Waals surface area contributed by atoms with Crippen molar-refractivity contribution >= 4 is 59.5 Å². The molecule has 2 unspecified atom stereocenters. The van der Waals surface area contributed by atoms with E-state index in [0.717, 1.165) is 41.7 Å². The summed E-state index contributed by atoms with van der Waals surface area (Å²) in [4.78, 5) is 96.8. The molecule has 21 heteroatoms. The number of amides is 3. The molecule has 0 radical (unpaired) electrons. The maximum absolute atomic E-state index is 13.5. The molecule has 0 spiro atoms. The number of alkyl carbamates (subject to hydrolysis) is 1. The van der Waals surface area contributed by atoms with Crippen LogP contribution >= 0.6 is 11.8 Å². The molecule has 308 valence electrons. The molecule has 1 aliphatic rings. The number of hydrogen-bond donors (Lipinski definition) is 3. The van der Waals surface area contributed by atoms with Crippen molar-refractivity contribution in [2.75, 3.05) is 59.0 Å². The maximum atomic E-state index is 13.5. The summed E-state index contributed by atoms with van der Waals surface area (Å²) in [6, 6.07) is -1.33. The number of nitrogens with one attached hydrogen (secondary N) is 3. The molecular formula is C33H53N3O17S. The van der Waals surface area contributed by atoms with Crippen LogP contribution in [-0.2, 0) is 76.2 Å². The molecule has 0 saturated carbocycles. The second kappa shape index (κ2) is 23.5. The van der Waals surface area contributed by atoms with Crippen molar-refractivity contribution in [2.45, 2.75) is 103 Å². The number of rotatable bonds is 21. The molecule has 3 amide bonds. The van der Waals surface area contributed by atoms with Crippen LogP contribution in [0.15, 0.2) is 0 Å². The van der Waals surface area contributed by atoms with E-state index in [-0.39, 0.29) is 39.5 Å². The van der Waals surface area contributed by atoms with Gasteiger partial charge in [-0.15, -0.1) is 11.8 Å². The number of esters is 5. The Morgan fingerprint density at radius 2 is 1.41 bits per heavy atom. The molecule has 0 aromatic heterocycles. The van der Waals surface area contributed by atoms with Gasteiger partial charge >= 0.3 is 35.9 Å². The van der Waals surface area contributed by atoms with Crippen molar-refractivity contribution in [1.29, 1.82) is 0 Å². The van der Waals surface area contributed by atoms with E-state index in [4.69, 9.17) is 42.6 Å². The van der Waals surface area contributed by atoms with Crippen LogP contribution in [0.3, 0.4) is 0 Å². The third kappa shape index (κ3) is 18.7. The second-order valence-electron chi connectivity index (χ2n) is 12.7. The van der Waals surface area contributed by atoms with Gasteiger partial charge in [0.1, 0.15) is 24.4 Å². The Kier molecular flexibility index (Phi) is 20.8. The Bertz CT molecular complexity index is 1310. The Balaban J connectivity index is 3.11. The van der Waals surface area contributed by atoms with Crippen molar-refractivity contribution in [3.05, 3.63) is 0 Å². The average molecular weight is 796 g/mol. The Hall–Kier alpha value is -4.21. The number of thioether (sulfide) groups is 1. The van der Waals surface area contributed by atoms with Crippen LogP contribution in [0.2, 0.25) is 0 Å². The van der Waals surface area contributed by atoms with Crippen LogP contribution in [0.5, 0.6) is 0 Å². The monoisotopic (exact) mass is 795 g/mol. The van der Waals surface area contributed by atoms with E-state index in [2.05, 4.69) is 16.0 Å². The zero-order valence-corrected chi connectivity index (χ0v) is 32.9. The molecule has 1 heterocycles. The summed E-state index contributed by atoms with van der Waals surface area (Å²) in [6.07, 6.45) is -7.22. The van der Waals surface area contributed by atoms with Crippen molar-refractivity contribution in [2.24, 2.45) is 0 Å². The average Bonchev–Trinajstić information content (AvgIpc) is 3.04. The van der Waals surface area contributed by atoms with Crippen molar-refractivity contribution in [3.63, 3.8) is 0 Å². The fourth-order valence-electron chi connectivity index (χ4n) is 4.90. The topological polar surface area (TPSA) is 256 Å². The van der Waals surface area contributed by atoms with Crippen LogP contribution in [0.25, 0.3) is 0 Å². The van der Waals surface area contributed by atoms with E-state index in [1.807, 2.05) is 0 Å². The molecule has 0 aromatic carbocycles. The van der Waals surface area contributed by atoms with Crippen molar-refractivity contribution in [3.8, 4) is 0 Å². The van der Waals surface area contributed by atoms with Crippen LogP contribution in [0.4, 0.5) is 4.79 Å². The van der Waals surface area contributed by atoms with Gasteiger partial charge < -0.3 is 58.6 Å². The van der Waals surface area contributed by atoms with Gasteiger partial charge in [-0.25, -0.2) is 9.59 Å². The van der Waals surface area contributed by atoms with Gasteiger partial charge in [0.25, 0.3) is 0 Å². The van der Waals surface area contributed by atoms with Gasteiger partial charge in [-0.3, -0.25) is 28.8 Å². The van der Waals surface area contributed by atoms with Gasteiger partial charge in [-0.05, 0) is 20.8 Å². The minimum atomic E-state index is -2.13. The summed E-state index contributed by atoms with van der Waals surface area (Å²) < 4.78 is 48.7. The predicted octanol–water partition coefficient (Wildman–Crippen LogP) is -0.0852. The second-order valence-corrected chi connectivity index (χ2v) is 14.0. The van der Waals surface area contributed by atoms with Gasteiger partial charge in [0, 0.05) is 54.1 Å². The first kappa shape index (κ1) is 47.8. The first-order valence-corrected chi connectivity index (χ1v) is 17.9. The minimum Gasteiger partial charge on any atom is -0.466 e. The Morgan fingerprint density at radius 1 is 0.815 bits per heavy atom. The highest BCUT2D eigenvalue weighted by atomic mass is 32.2. The van der Waals surface area contributed by atoms with Crippen LogP contribution in [0, 0.1) is 0 Å². The number of hydrogen-bond acceptors (Lipinski definition) is 18. The molecular weight excluding hydrogens is 742 g/mol. The maximum Gasteiger partial charge on any atom is 0.407 e. The first-order chi connectivity index (χ1) is 25.2. The van der Waals surface area contributed by atoms with E-state index in [9.17, 15) is 38.4 Å². The first-order valence-electron chi connectivity index (χ1n) is 16.9. The van der Waals surface area contributed by atoms with Gasteiger partial charge in [-0.2, -0.15) is 0 Å². The van der Waals surface area contributed by atoms with E-state index in [1.54, 1.807) is 20.8 Å². The van der Waals surface area contributed by atoms with Crippen LogP contribution < -0.4 is 16.0 Å². The van der Waals surface area contributed by atoms with Gasteiger partial charge in [-0.1, -0.05) is 0 Å². The summed E-state index contributed by atoms with van der Waals surface area (Å²) >= 11 is 0.660. The number of methoxy groups -OCH3 is 1. The van der Waals surface area contributed by atoms with Crippen LogP contribution in [-0.4, -0.2) is 148 Å². The summed E-state index contributed by atoms with van der Waals surface area (Å²) in [6.45, 7) is 11.1. The molecule has 6 atom stereocenters. The molecule has 1 saturated heterocycles. The lowest BCUT2D eigenvalue weighted by molar-refractivity contribution is -0.224. The number of ether oxygens (including phenoxy) is 9. The van der Waals surface area contributed by atoms with Crippen LogP contribution in [0.1, 0.15) is 61.8 Å². The molecule has 54 heavy (non-hydrogen) atoms. The smallest absolute Gasteiger partial charge is 0.407 e. The molecule has 3 N–H and O–H groups in total. The molecule has 1 aliphatic heterocycles. The molecule has 0 aliphatic carbocycles. The molecule has 1 rings (SSSR count). The summed E-state index contributed by atoms with van der Waals surface area (Å²) in [5, 5.41) is 7.77. The summed E-state index contributed by atoms with van der Waals surface area (Å²) in [5.74, 6) is -6.02. The summed E-state index contributed by atoms with van der Waals surface area (Å²) in [5.41, 5.74) is -0.614. The van der Waals surface area contributed by atoms with E-state index < -0.39 is 108 Å². The lowest BCUT2D eigenvalue weighted by Crippen LogP contribution is -2.68. The van der Waals surface area contributed by atoms with Gasteiger partial charge in [0.05, 0.1) is 45.3 Å². The standard InChI is InChI=1S/C33H53N3O17S/c1-19(37)36-27-24(49-21(3)39)16-33(30(43)45-9,52-29(27)28(51-23(5)41)25(50-22(4)40)17-48-20(2)38)54-18-26(42)34-10-12-46-14-15-47-13-11-35-31(44)53-32(6,7)8/h24-25,27-29H,10-18H2,1-9H3,(H,34,42)(H,35,44)(H,36,37)/t24?,25-,27-,28-,29?,33+/m1/s1. The Morgan fingerprint density at radius 3 is 1.91 bits per heavy atom. The SMILES string of the molecule is COC(=O)[C@@]1(SCC(=O)NCCOCCOCCNC(=O)OC(C)(C)C)CC(OC(C)=O)[C@@H](NC(C)=O)C([C@H](OC(C)=O)[C@@H](COC(C)=O)OC(C)=O)O1. The van der Waals surface area contributed by atoms with E-state index >= 15 is 0 Å².